The number of sulfonamides is 1. The zero-order valence-corrected chi connectivity index (χ0v) is 23.0. The molecule has 2 aromatic carbocycles. The molecule has 0 unspecified atom stereocenters. The Bertz CT molecular complexity index is 1650. The Morgan fingerprint density at radius 1 is 0.949 bits per heavy atom. The average Bonchev–Trinajstić information content (AvgIpc) is 2.87. The van der Waals surface area contributed by atoms with Crippen molar-refractivity contribution in [1.29, 1.82) is 0 Å². The fraction of sp³-hybridized carbons (Fsp3) is 0.207. The minimum absolute atomic E-state index is 0.106. The molecule has 0 saturated carbocycles. The van der Waals surface area contributed by atoms with Gasteiger partial charge in [-0.25, -0.2) is 19.1 Å². The second-order valence-corrected chi connectivity index (χ2v) is 10.6. The lowest BCUT2D eigenvalue weighted by atomic mass is 10.1. The van der Waals surface area contributed by atoms with Gasteiger partial charge in [0.15, 0.2) is 16.6 Å². The minimum atomic E-state index is -4.28. The molecule has 0 aliphatic carbocycles. The molecule has 0 fully saturated rings. The summed E-state index contributed by atoms with van der Waals surface area (Å²) >= 11 is 0. The summed E-state index contributed by atoms with van der Waals surface area (Å²) in [5, 5.41) is -0.294. The van der Waals surface area contributed by atoms with Crippen molar-refractivity contribution in [2.45, 2.75) is 39.6 Å². The first-order valence-electron chi connectivity index (χ1n) is 12.2. The number of ether oxygens (including phenoxy) is 2. The van der Waals surface area contributed by atoms with Crippen LogP contribution in [0.5, 0.6) is 17.4 Å². The molecule has 0 bridgehead atoms. The fourth-order valence-electron chi connectivity index (χ4n) is 4.11. The van der Waals surface area contributed by atoms with E-state index in [1.165, 1.54) is 36.4 Å². The topological polar surface area (TPSA) is 107 Å². The lowest BCUT2D eigenvalue weighted by Gasteiger charge is -2.16. The Kier molecular flexibility index (Phi) is 7.96. The molecule has 4 rings (SSSR count). The molecule has 0 aliphatic heterocycles. The van der Waals surface area contributed by atoms with E-state index in [1.54, 1.807) is 26.0 Å². The van der Waals surface area contributed by atoms with Crippen LogP contribution in [0, 0.1) is 33.5 Å². The molecule has 0 aliphatic rings. The van der Waals surface area contributed by atoms with Crippen molar-refractivity contribution in [2.24, 2.45) is 0 Å². The van der Waals surface area contributed by atoms with Crippen LogP contribution >= 0.6 is 0 Å². The second-order valence-electron chi connectivity index (χ2n) is 9.01. The summed E-state index contributed by atoms with van der Waals surface area (Å²) in [5.41, 5.74) is 3.72. The largest absolute Gasteiger partial charge is 0.491 e. The molecule has 0 spiro atoms. The normalized spacial score (nSPS) is 11.2. The summed E-state index contributed by atoms with van der Waals surface area (Å²) in [6.45, 7) is 9.37. The van der Waals surface area contributed by atoms with Crippen molar-refractivity contribution < 1.29 is 27.1 Å². The lowest BCUT2D eigenvalue weighted by molar-refractivity contribution is 0.0978. The molecule has 8 nitrogen and oxygen atoms in total. The highest BCUT2D eigenvalue weighted by atomic mass is 32.2. The number of nitrogens with zero attached hydrogens (tertiary/aromatic N) is 2. The monoisotopic (exact) mass is 549 g/mol. The van der Waals surface area contributed by atoms with Crippen LogP contribution in [0.3, 0.4) is 0 Å². The Morgan fingerprint density at radius 2 is 1.67 bits per heavy atom. The highest BCUT2D eigenvalue weighted by molar-refractivity contribution is 7.90. The maximum atomic E-state index is 14.6. The number of hydrogen-bond donors (Lipinski definition) is 1. The van der Waals surface area contributed by atoms with Gasteiger partial charge in [-0.15, -0.1) is 0 Å². The van der Waals surface area contributed by atoms with Crippen LogP contribution in [0.25, 0.3) is 11.3 Å². The van der Waals surface area contributed by atoms with E-state index >= 15 is 0 Å². The molecular weight excluding hydrogens is 521 g/mol. The number of pyridine rings is 2. The zero-order valence-electron chi connectivity index (χ0n) is 22.2. The molecule has 0 atom stereocenters. The number of hydrogen-bond acceptors (Lipinski definition) is 7. The first kappa shape index (κ1) is 27.7. The number of carbonyl (C=O) groups is 1. The van der Waals surface area contributed by atoms with E-state index in [0.29, 0.717) is 29.3 Å². The highest BCUT2D eigenvalue weighted by Gasteiger charge is 2.25. The number of amides is 1. The van der Waals surface area contributed by atoms with E-state index in [-0.39, 0.29) is 22.2 Å². The van der Waals surface area contributed by atoms with Gasteiger partial charge in [-0.05, 0) is 88.2 Å². The van der Waals surface area contributed by atoms with Crippen LogP contribution in [-0.2, 0) is 10.0 Å². The summed E-state index contributed by atoms with van der Waals surface area (Å²) in [4.78, 5) is 21.8. The summed E-state index contributed by atoms with van der Waals surface area (Å²) in [5.74, 6) is -1.08. The smallest absolute Gasteiger partial charge is 0.281 e. The summed E-state index contributed by atoms with van der Waals surface area (Å²) in [6, 6.07) is 15.6. The molecule has 1 N–H and O–H groups in total. The predicted octanol–water partition coefficient (Wildman–Crippen LogP) is 5.83. The molecule has 0 radical (unpaired) electrons. The van der Waals surface area contributed by atoms with Gasteiger partial charge in [0.25, 0.3) is 15.9 Å². The molecule has 39 heavy (non-hydrogen) atoms. The maximum Gasteiger partial charge on any atom is 0.281 e. The summed E-state index contributed by atoms with van der Waals surface area (Å²) < 4.78 is 53.8. The van der Waals surface area contributed by atoms with Gasteiger partial charge in [0.2, 0.25) is 5.88 Å². The molecule has 2 heterocycles. The van der Waals surface area contributed by atoms with Crippen molar-refractivity contribution in [1.82, 2.24) is 14.7 Å². The molecule has 10 heteroatoms. The number of aromatic nitrogens is 2. The van der Waals surface area contributed by atoms with Crippen LogP contribution in [0.15, 0.2) is 65.7 Å². The van der Waals surface area contributed by atoms with Crippen molar-refractivity contribution in [2.75, 3.05) is 6.61 Å². The molecule has 202 valence electrons. The number of rotatable bonds is 8. The summed E-state index contributed by atoms with van der Waals surface area (Å²) in [6.07, 6.45) is 0. The van der Waals surface area contributed by atoms with Gasteiger partial charge >= 0.3 is 0 Å². The van der Waals surface area contributed by atoms with Crippen LogP contribution in [-0.4, -0.2) is 30.9 Å². The van der Waals surface area contributed by atoms with Gasteiger partial charge in [-0.1, -0.05) is 23.8 Å². The van der Waals surface area contributed by atoms with Gasteiger partial charge in [0.1, 0.15) is 11.3 Å². The Hall–Kier alpha value is -4.31. The van der Waals surface area contributed by atoms with Crippen molar-refractivity contribution in [3.8, 4) is 28.6 Å². The quantitative estimate of drug-likeness (QED) is 0.295. The van der Waals surface area contributed by atoms with Gasteiger partial charge in [0, 0.05) is 11.3 Å². The molecule has 0 saturated heterocycles. The van der Waals surface area contributed by atoms with Gasteiger partial charge in [-0.2, -0.15) is 8.42 Å². The van der Waals surface area contributed by atoms with E-state index in [4.69, 9.17) is 9.47 Å². The standard InChI is InChI=1S/C29H28FN3O5S/c1-6-37-25-13-10-21(16-23(25)30)24-12-11-22(28(34)33-39(35,36)26-9-7-8-20(5)31-26)29(32-24)38-27-18(3)14-17(2)15-19(27)4/h7-16H,6H2,1-5H3,(H,33,34). The molecule has 4 aromatic rings. The van der Waals surface area contributed by atoms with Gasteiger partial charge in [0.05, 0.1) is 12.3 Å². The number of nitrogens with one attached hydrogen (secondary N) is 1. The van der Waals surface area contributed by atoms with Gasteiger partial charge in [-0.3, -0.25) is 4.79 Å². The third-order valence-corrected chi connectivity index (χ3v) is 7.03. The SMILES string of the molecule is CCOc1ccc(-c2ccc(C(=O)NS(=O)(=O)c3cccc(C)n3)c(Oc3c(C)cc(C)cc3C)n2)cc1F. The Morgan fingerprint density at radius 3 is 2.31 bits per heavy atom. The Labute approximate surface area is 226 Å². The number of aryl methyl sites for hydroxylation is 4. The van der Waals surface area contributed by atoms with E-state index in [2.05, 4.69) is 9.97 Å². The Balaban J connectivity index is 1.78. The van der Waals surface area contributed by atoms with Crippen molar-refractivity contribution >= 4 is 15.9 Å². The molecule has 2 aromatic heterocycles. The maximum absolute atomic E-state index is 14.6. The zero-order chi connectivity index (χ0) is 28.3. The second kappa shape index (κ2) is 11.2. The highest BCUT2D eigenvalue weighted by Crippen LogP contribution is 2.33. The number of benzene rings is 2. The van der Waals surface area contributed by atoms with Crippen LogP contribution in [0.1, 0.15) is 39.7 Å². The minimum Gasteiger partial charge on any atom is -0.491 e. The average molecular weight is 550 g/mol. The molecular formula is C29H28FN3O5S. The van der Waals surface area contributed by atoms with E-state index in [0.717, 1.165) is 16.7 Å². The third-order valence-electron chi connectivity index (χ3n) is 5.80. The van der Waals surface area contributed by atoms with Crippen LogP contribution < -0.4 is 14.2 Å². The van der Waals surface area contributed by atoms with Gasteiger partial charge < -0.3 is 9.47 Å². The van der Waals surface area contributed by atoms with E-state index in [9.17, 15) is 17.6 Å². The first-order valence-corrected chi connectivity index (χ1v) is 13.7. The van der Waals surface area contributed by atoms with Crippen LogP contribution in [0.2, 0.25) is 0 Å². The lowest BCUT2D eigenvalue weighted by Crippen LogP contribution is -2.31. The molecule has 1 amide bonds. The number of halogens is 1. The summed E-state index contributed by atoms with van der Waals surface area (Å²) in [7, 11) is -4.28. The van der Waals surface area contributed by atoms with Crippen molar-refractivity contribution in [3.05, 3.63) is 94.4 Å². The van der Waals surface area contributed by atoms with E-state index < -0.39 is 21.7 Å². The fourth-order valence-corrected chi connectivity index (χ4v) is 5.09. The van der Waals surface area contributed by atoms with E-state index in [1.807, 2.05) is 37.6 Å². The van der Waals surface area contributed by atoms with Crippen molar-refractivity contribution in [3.63, 3.8) is 0 Å². The predicted molar refractivity (Wildman–Crippen MR) is 145 cm³/mol. The third kappa shape index (κ3) is 6.23. The first-order chi connectivity index (χ1) is 18.5. The number of carbonyl (C=O) groups excluding carboxylic acids is 1. The van der Waals surface area contributed by atoms with Crippen LogP contribution in [0.4, 0.5) is 4.39 Å².